The highest BCUT2D eigenvalue weighted by atomic mass is 19.2. The molecule has 2 saturated heterocycles. The summed E-state index contributed by atoms with van der Waals surface area (Å²) in [6.45, 7) is 2.76. The van der Waals surface area contributed by atoms with Crippen LogP contribution >= 0.6 is 0 Å². The number of nitrogens with one attached hydrogen (secondary N) is 2. The number of rotatable bonds is 4. The summed E-state index contributed by atoms with van der Waals surface area (Å²) in [7, 11) is 5.32. The van der Waals surface area contributed by atoms with E-state index in [1.165, 1.54) is 13.2 Å². The van der Waals surface area contributed by atoms with Gasteiger partial charge >= 0.3 is 6.01 Å². The van der Waals surface area contributed by atoms with E-state index in [-0.39, 0.29) is 17.4 Å². The Hall–Kier alpha value is -3.53. The van der Waals surface area contributed by atoms with Crippen molar-refractivity contribution >= 4 is 33.3 Å². The number of anilines is 2. The molecule has 176 valence electrons. The third kappa shape index (κ3) is 3.01. The van der Waals surface area contributed by atoms with Gasteiger partial charge in [-0.25, -0.2) is 23.7 Å². The monoisotopic (exact) mass is 465 g/mol. The summed E-state index contributed by atoms with van der Waals surface area (Å²) in [5.41, 5.74) is 3.83. The molecule has 5 heterocycles. The average Bonchev–Trinajstić information content (AvgIpc) is 3.53. The van der Waals surface area contributed by atoms with Crippen molar-refractivity contribution in [2.45, 2.75) is 12.5 Å². The number of hydrogen-bond donors (Lipinski definition) is 2. The zero-order chi connectivity index (χ0) is 23.6. The minimum Gasteiger partial charge on any atom is -0.467 e. The number of methoxy groups -OCH3 is 1. The molecule has 8 nitrogen and oxygen atoms in total. The van der Waals surface area contributed by atoms with Crippen LogP contribution < -0.4 is 15.0 Å². The molecular formula is C24H25F2N7O. The van der Waals surface area contributed by atoms with E-state index >= 15 is 4.39 Å². The van der Waals surface area contributed by atoms with Crippen LogP contribution in [0.2, 0.25) is 0 Å². The quantitative estimate of drug-likeness (QED) is 0.476. The maximum absolute atomic E-state index is 15.4. The molecule has 10 heteroatoms. The summed E-state index contributed by atoms with van der Waals surface area (Å²) in [5.74, 6) is -1.26. The minimum atomic E-state index is -0.901. The van der Waals surface area contributed by atoms with Crippen LogP contribution in [0.1, 0.15) is 6.42 Å². The van der Waals surface area contributed by atoms with E-state index in [2.05, 4.69) is 42.1 Å². The largest absolute Gasteiger partial charge is 0.467 e. The van der Waals surface area contributed by atoms with Gasteiger partial charge in [-0.1, -0.05) is 0 Å². The molecular weight excluding hydrogens is 440 g/mol. The molecule has 0 bridgehead atoms. The molecule has 3 aromatic heterocycles. The first-order valence-corrected chi connectivity index (χ1v) is 11.3. The molecule has 2 aliphatic heterocycles. The van der Waals surface area contributed by atoms with E-state index < -0.39 is 11.6 Å². The lowest BCUT2D eigenvalue weighted by Crippen LogP contribution is -2.35. The molecule has 34 heavy (non-hydrogen) atoms. The summed E-state index contributed by atoms with van der Waals surface area (Å²) >= 11 is 0. The van der Waals surface area contributed by atoms with Crippen LogP contribution in [0, 0.1) is 17.6 Å². The molecule has 4 aromatic rings. The first-order chi connectivity index (χ1) is 16.5. The van der Waals surface area contributed by atoms with Crippen molar-refractivity contribution in [3.63, 3.8) is 0 Å². The third-order valence-corrected chi connectivity index (χ3v) is 7.17. The van der Waals surface area contributed by atoms with Gasteiger partial charge in [0.05, 0.1) is 34.8 Å². The first-order valence-electron chi connectivity index (χ1n) is 11.3. The predicted octanol–water partition coefficient (Wildman–Crippen LogP) is 3.64. The van der Waals surface area contributed by atoms with Crippen LogP contribution in [0.15, 0.2) is 24.7 Å². The molecule has 2 atom stereocenters. The normalized spacial score (nSPS) is 20.4. The summed E-state index contributed by atoms with van der Waals surface area (Å²) < 4.78 is 35.2. The lowest BCUT2D eigenvalue weighted by atomic mass is 10.0. The molecule has 0 amide bonds. The van der Waals surface area contributed by atoms with Crippen molar-refractivity contribution in [1.82, 2.24) is 24.8 Å². The van der Waals surface area contributed by atoms with Crippen LogP contribution in [-0.2, 0) is 0 Å². The Kier molecular flexibility index (Phi) is 4.80. The van der Waals surface area contributed by atoms with Gasteiger partial charge in [-0.2, -0.15) is 0 Å². The minimum absolute atomic E-state index is 0.202. The molecule has 0 spiro atoms. The smallest absolute Gasteiger partial charge is 0.316 e. The number of aromatic amines is 1. The molecule has 0 saturated carbocycles. The lowest BCUT2D eigenvalue weighted by molar-refractivity contribution is 0.380. The van der Waals surface area contributed by atoms with Crippen LogP contribution in [0.3, 0.4) is 0 Å². The maximum Gasteiger partial charge on any atom is 0.316 e. The van der Waals surface area contributed by atoms with E-state index in [1.807, 2.05) is 0 Å². The number of halogens is 2. The standard InChI is InChI=1S/C24H25F2N7O/c1-27-16-6-15(25)20(26)18-19-22(33-5-4-12-10-32(2)11-17(12)33)14(9-28-23(19)31-21(16)18)13-7-29-24(34-3)30-8-13/h6-9,12,17,27H,4-5,10-11H2,1-3H3,(H,28,31)/t12-,17+/m0/s1. The second-order valence-corrected chi connectivity index (χ2v) is 9.08. The summed E-state index contributed by atoms with van der Waals surface area (Å²) in [5, 5.41) is 3.75. The van der Waals surface area contributed by atoms with Crippen molar-refractivity contribution in [1.29, 1.82) is 0 Å². The topological polar surface area (TPSA) is 82.2 Å². The van der Waals surface area contributed by atoms with Crippen molar-refractivity contribution in [3.8, 4) is 17.1 Å². The van der Waals surface area contributed by atoms with Crippen LogP contribution in [0.5, 0.6) is 6.01 Å². The number of aromatic nitrogens is 4. The molecule has 2 fully saturated rings. The van der Waals surface area contributed by atoms with Gasteiger partial charge in [0.2, 0.25) is 0 Å². The van der Waals surface area contributed by atoms with E-state index in [1.54, 1.807) is 25.6 Å². The van der Waals surface area contributed by atoms with E-state index in [0.717, 1.165) is 42.9 Å². The van der Waals surface area contributed by atoms with Gasteiger partial charge in [0, 0.05) is 68.5 Å². The number of nitrogens with zero attached hydrogens (tertiary/aromatic N) is 5. The highest BCUT2D eigenvalue weighted by Crippen LogP contribution is 2.46. The lowest BCUT2D eigenvalue weighted by Gasteiger charge is -2.29. The molecule has 0 unspecified atom stereocenters. The first kappa shape index (κ1) is 21.0. The zero-order valence-corrected chi connectivity index (χ0v) is 19.2. The third-order valence-electron chi connectivity index (χ3n) is 7.17. The fraction of sp³-hybridized carbons (Fsp3) is 0.375. The number of fused-ring (bicyclic) bond motifs is 4. The van der Waals surface area contributed by atoms with Gasteiger partial charge in [0.1, 0.15) is 5.65 Å². The van der Waals surface area contributed by atoms with Gasteiger partial charge in [0.15, 0.2) is 11.6 Å². The maximum atomic E-state index is 15.4. The summed E-state index contributed by atoms with van der Waals surface area (Å²) in [6, 6.07) is 1.71. The zero-order valence-electron chi connectivity index (χ0n) is 19.2. The molecule has 0 aliphatic carbocycles. The van der Waals surface area contributed by atoms with Crippen molar-refractivity contribution in [2.24, 2.45) is 5.92 Å². The molecule has 0 radical (unpaired) electrons. The highest BCUT2D eigenvalue weighted by Gasteiger charge is 2.42. The summed E-state index contributed by atoms with van der Waals surface area (Å²) in [4.78, 5) is 21.1. The number of likely N-dealkylation sites (tertiary alicyclic amines) is 1. The predicted molar refractivity (Wildman–Crippen MR) is 127 cm³/mol. The number of likely N-dealkylation sites (N-methyl/N-ethyl adjacent to an activating group) is 1. The van der Waals surface area contributed by atoms with Gasteiger partial charge < -0.3 is 24.8 Å². The Morgan fingerprint density at radius 2 is 1.91 bits per heavy atom. The van der Waals surface area contributed by atoms with E-state index in [0.29, 0.717) is 28.2 Å². The van der Waals surface area contributed by atoms with Gasteiger partial charge in [-0.05, 0) is 19.4 Å². The molecule has 1 aromatic carbocycles. The van der Waals surface area contributed by atoms with E-state index in [9.17, 15) is 4.39 Å². The second-order valence-electron chi connectivity index (χ2n) is 9.08. The SMILES string of the molecule is CNc1cc(F)c(F)c2c1[nH]c1ncc(-c3cnc(OC)nc3)c(N3CC[C@H]4CN(C)C[C@H]43)c12. The van der Waals surface area contributed by atoms with Gasteiger partial charge in [0.25, 0.3) is 0 Å². The van der Waals surface area contributed by atoms with Crippen molar-refractivity contribution < 1.29 is 13.5 Å². The van der Waals surface area contributed by atoms with Gasteiger partial charge in [-0.15, -0.1) is 0 Å². The summed E-state index contributed by atoms with van der Waals surface area (Å²) in [6.07, 6.45) is 6.16. The molecule has 2 aliphatic rings. The van der Waals surface area contributed by atoms with Crippen molar-refractivity contribution in [2.75, 3.05) is 51.1 Å². The van der Waals surface area contributed by atoms with Crippen LogP contribution in [-0.4, -0.2) is 71.7 Å². The second kappa shape index (κ2) is 7.76. The van der Waals surface area contributed by atoms with Gasteiger partial charge in [-0.3, -0.25) is 0 Å². The van der Waals surface area contributed by atoms with Crippen LogP contribution in [0.4, 0.5) is 20.2 Å². The van der Waals surface area contributed by atoms with Crippen LogP contribution in [0.25, 0.3) is 33.1 Å². The number of hydrogen-bond acceptors (Lipinski definition) is 7. The highest BCUT2D eigenvalue weighted by molar-refractivity contribution is 6.18. The number of H-pyrrole nitrogens is 1. The Balaban J connectivity index is 1.68. The fourth-order valence-corrected chi connectivity index (χ4v) is 5.66. The fourth-order valence-electron chi connectivity index (χ4n) is 5.66. The Morgan fingerprint density at radius 3 is 2.65 bits per heavy atom. The average molecular weight is 466 g/mol. The number of benzene rings is 1. The molecule has 2 N–H and O–H groups in total. The Labute approximate surface area is 195 Å². The molecule has 6 rings (SSSR count). The number of ether oxygens (including phenoxy) is 1. The Morgan fingerprint density at radius 1 is 1.12 bits per heavy atom. The van der Waals surface area contributed by atoms with Crippen molar-refractivity contribution in [3.05, 3.63) is 36.3 Å². The Bertz CT molecular complexity index is 1400. The van der Waals surface area contributed by atoms with E-state index in [4.69, 9.17) is 4.74 Å². The number of pyridine rings is 1.